The molecular formula is C48H57N8O14-. The Labute approximate surface area is 404 Å². The predicted octanol–water partition coefficient (Wildman–Crippen LogP) is 2.44. The second-order valence-electron chi connectivity index (χ2n) is 16.2. The highest BCUT2D eigenvalue weighted by molar-refractivity contribution is 5.97. The fraction of sp³-hybridized carbons (Fsp3) is 0.417. The third-order valence-electron chi connectivity index (χ3n) is 10.5. The average Bonchev–Trinajstić information content (AvgIpc) is 3.36. The quantitative estimate of drug-likeness (QED) is 0.0596. The Bertz CT molecular complexity index is 2420. The number of carbonyl (C=O) groups is 7. The Balaban J connectivity index is 1.23. The lowest BCUT2D eigenvalue weighted by Gasteiger charge is -2.28. The van der Waals surface area contributed by atoms with Crippen LogP contribution in [-0.4, -0.2) is 124 Å². The first kappa shape index (κ1) is 52.9. The topological polar surface area (TPSA) is 296 Å². The molecule has 0 atom stereocenters. The van der Waals surface area contributed by atoms with Crippen LogP contribution in [0.1, 0.15) is 87.8 Å². The first-order valence-electron chi connectivity index (χ1n) is 22.5. The molecule has 22 heteroatoms. The lowest BCUT2D eigenvalue weighted by molar-refractivity contribution is -0.213. The smallest absolute Gasteiger partial charge is 0.407 e. The third kappa shape index (κ3) is 17.9. The van der Waals surface area contributed by atoms with Crippen molar-refractivity contribution in [2.45, 2.75) is 52.6 Å². The Morgan fingerprint density at radius 2 is 1.01 bits per heavy atom. The van der Waals surface area contributed by atoms with Crippen molar-refractivity contribution in [3.63, 3.8) is 0 Å². The third-order valence-corrected chi connectivity index (χ3v) is 10.5. The molecule has 4 aliphatic heterocycles. The Hall–Kier alpha value is -8.04. The van der Waals surface area contributed by atoms with Crippen LogP contribution in [0.25, 0.3) is 0 Å². The van der Waals surface area contributed by atoms with Crippen LogP contribution in [0.5, 0.6) is 11.5 Å². The predicted molar refractivity (Wildman–Crippen MR) is 248 cm³/mol. The number of carbonyl (C=O) groups excluding carboxylic acids is 7. The van der Waals surface area contributed by atoms with E-state index in [9.17, 15) is 38.7 Å². The zero-order valence-corrected chi connectivity index (χ0v) is 39.1. The summed E-state index contributed by atoms with van der Waals surface area (Å²) in [6, 6.07) is 12.4. The van der Waals surface area contributed by atoms with E-state index in [2.05, 4.69) is 54.7 Å². The number of alkyl carbamates (subject to hydrolysis) is 2. The number of hydrogen-bond acceptors (Lipinski definition) is 17. The summed E-state index contributed by atoms with van der Waals surface area (Å²) in [5, 5.41) is 26.9. The van der Waals surface area contributed by atoms with Crippen molar-refractivity contribution in [1.82, 2.24) is 36.6 Å². The van der Waals surface area contributed by atoms with Crippen molar-refractivity contribution >= 4 is 47.7 Å². The maximum atomic E-state index is 13.5. The normalized spacial score (nSPS) is 16.2. The lowest BCUT2D eigenvalue weighted by atomic mass is 9.82. The van der Waals surface area contributed by atoms with Gasteiger partial charge >= 0.3 is 24.1 Å². The minimum Gasteiger partial charge on any atom is -0.857 e. The molecule has 0 unspecified atom stereocenters. The largest absolute Gasteiger partial charge is 0.857 e. The van der Waals surface area contributed by atoms with E-state index >= 15 is 0 Å². The van der Waals surface area contributed by atoms with Gasteiger partial charge in [-0.2, -0.15) is 0 Å². The van der Waals surface area contributed by atoms with Gasteiger partial charge in [-0.1, -0.05) is 37.4 Å². The van der Waals surface area contributed by atoms with Gasteiger partial charge in [0.05, 0.1) is 25.3 Å². The zero-order chi connectivity index (χ0) is 50.4. The van der Waals surface area contributed by atoms with Crippen molar-refractivity contribution in [2.24, 2.45) is 16.8 Å². The van der Waals surface area contributed by atoms with Gasteiger partial charge in [0.1, 0.15) is 68.2 Å². The van der Waals surface area contributed by atoms with E-state index in [1.807, 2.05) is 0 Å². The van der Waals surface area contributed by atoms with Crippen LogP contribution < -0.4 is 41.2 Å². The SMILES string of the molecule is C=C(C)C(=O)OCCNC(=O)OCCOc1cc2nc(c1)C(=O)NCC1CCC(CC1)CNC(=O)c1cc(OCCOC(=O)NCCOC(=O)C(=C)C)cc(n1)C([O-])=NCc1ccc(cc1)CNC2=O. The molecule has 0 radical (unpaired) electrons. The summed E-state index contributed by atoms with van der Waals surface area (Å²) < 4.78 is 31.6. The van der Waals surface area contributed by atoms with E-state index < -0.39 is 47.7 Å². The number of amides is 5. The molecule has 5 amide bonds. The number of aromatic nitrogens is 2. The maximum absolute atomic E-state index is 13.5. The molecule has 1 saturated carbocycles. The Morgan fingerprint density at radius 3 is 1.47 bits per heavy atom. The first-order chi connectivity index (χ1) is 33.6. The Morgan fingerprint density at radius 1 is 0.600 bits per heavy atom. The molecule has 374 valence electrons. The maximum Gasteiger partial charge on any atom is 0.407 e. The number of nitrogens with zero attached hydrogens (tertiary/aromatic N) is 3. The van der Waals surface area contributed by atoms with Gasteiger partial charge in [0.15, 0.2) is 0 Å². The second kappa shape index (κ2) is 27.1. The molecule has 1 fully saturated rings. The molecule has 5 aliphatic rings. The van der Waals surface area contributed by atoms with E-state index in [4.69, 9.17) is 28.4 Å². The number of ether oxygens (including phenoxy) is 6. The van der Waals surface area contributed by atoms with E-state index in [1.165, 1.54) is 38.1 Å². The van der Waals surface area contributed by atoms with Crippen molar-refractivity contribution in [3.8, 4) is 11.5 Å². The van der Waals surface area contributed by atoms with Gasteiger partial charge in [0, 0.05) is 60.9 Å². The van der Waals surface area contributed by atoms with Crippen molar-refractivity contribution in [1.29, 1.82) is 0 Å². The molecule has 6 heterocycles. The fourth-order valence-corrected chi connectivity index (χ4v) is 6.74. The molecule has 3 aromatic rings. The minimum absolute atomic E-state index is 0.0112. The standard InChI is InChI=1S/C48H58N8O14/c1-29(2)45(61)67-15-13-49-47(63)69-19-17-65-35-21-37-41(57)51-25-31-5-9-33(10-6-31)27-53-43(59)39-23-36(66-18-20-70-48(64)50-14-16-68-46(62)30(3)4)24-40(56-39)44(60)54-28-34-11-7-32(8-12-34)26-52-42(58)38(22-35)55-37/h5-6,9-10,21-24,32,34H,1,3,7-8,11-20,25-28H2,2,4H3,(H,49,63)(H,50,64)(H,51,57)(H,52,58)(H,53,59)(H,54,60)/p-1. The van der Waals surface area contributed by atoms with Gasteiger partial charge in [-0.15, -0.1) is 0 Å². The second-order valence-corrected chi connectivity index (χ2v) is 16.2. The molecule has 8 rings (SSSR count). The number of hydrogen-bond donors (Lipinski definition) is 5. The molecule has 1 aliphatic carbocycles. The van der Waals surface area contributed by atoms with Crippen LogP contribution in [0.3, 0.4) is 0 Å². The van der Waals surface area contributed by atoms with Crippen LogP contribution in [0.15, 0.2) is 77.8 Å². The number of benzene rings is 1. The van der Waals surface area contributed by atoms with Crippen molar-refractivity contribution in [2.75, 3.05) is 65.8 Å². The first-order valence-corrected chi connectivity index (χ1v) is 22.5. The molecule has 2 aromatic heterocycles. The number of pyridine rings is 2. The molecule has 5 N–H and O–H groups in total. The summed E-state index contributed by atoms with van der Waals surface area (Å²) in [5.74, 6) is -3.03. The van der Waals surface area contributed by atoms with Gasteiger partial charge in [-0.25, -0.2) is 29.1 Å². The highest BCUT2D eigenvalue weighted by atomic mass is 16.6. The number of nitrogens with one attached hydrogen (secondary N) is 5. The van der Waals surface area contributed by atoms with Gasteiger partial charge in [-0.3, -0.25) is 19.4 Å². The summed E-state index contributed by atoms with van der Waals surface area (Å²) in [6.45, 7) is 9.90. The summed E-state index contributed by atoms with van der Waals surface area (Å²) in [4.78, 5) is 100. The van der Waals surface area contributed by atoms with Crippen molar-refractivity contribution in [3.05, 3.63) is 107 Å². The van der Waals surface area contributed by atoms with Crippen molar-refractivity contribution < 1.29 is 67.1 Å². The van der Waals surface area contributed by atoms with E-state index in [0.717, 1.165) is 25.7 Å². The lowest BCUT2D eigenvalue weighted by Crippen LogP contribution is -2.35. The number of rotatable bonds is 16. The van der Waals surface area contributed by atoms with Gasteiger partial charge in [0.2, 0.25) is 0 Å². The molecule has 8 bridgehead atoms. The molecule has 1 aromatic carbocycles. The minimum atomic E-state index is -0.774. The van der Waals surface area contributed by atoms with Gasteiger partial charge < -0.3 is 60.1 Å². The zero-order valence-electron chi connectivity index (χ0n) is 39.1. The van der Waals surface area contributed by atoms with Gasteiger partial charge in [0.25, 0.3) is 17.7 Å². The summed E-state index contributed by atoms with van der Waals surface area (Å²) in [6.07, 6.45) is 1.47. The van der Waals surface area contributed by atoms with Crippen LogP contribution in [0, 0.1) is 11.8 Å². The number of aliphatic imine (C=N–C) groups is 1. The Kier molecular flexibility index (Phi) is 20.5. The molecule has 22 nitrogen and oxygen atoms in total. The van der Waals surface area contributed by atoms with Crippen LogP contribution in [0.4, 0.5) is 9.59 Å². The summed E-state index contributed by atoms with van der Waals surface area (Å²) in [7, 11) is 0. The molecule has 0 saturated heterocycles. The van der Waals surface area contributed by atoms with Gasteiger partial charge in [-0.05, 0) is 62.5 Å². The highest BCUT2D eigenvalue weighted by Crippen LogP contribution is 2.28. The highest BCUT2D eigenvalue weighted by Gasteiger charge is 2.24. The van der Waals surface area contributed by atoms with E-state index in [0.29, 0.717) is 24.2 Å². The number of esters is 2. The average molecular weight is 970 g/mol. The fourth-order valence-electron chi connectivity index (χ4n) is 6.74. The molecule has 0 spiro atoms. The van der Waals surface area contributed by atoms with Crippen LogP contribution in [-0.2, 0) is 41.6 Å². The summed E-state index contributed by atoms with van der Waals surface area (Å²) in [5.41, 5.74) is 1.42. The van der Waals surface area contributed by atoms with E-state index in [1.54, 1.807) is 24.3 Å². The van der Waals surface area contributed by atoms with Crippen LogP contribution >= 0.6 is 0 Å². The monoisotopic (exact) mass is 969 g/mol. The van der Waals surface area contributed by atoms with E-state index in [-0.39, 0.29) is 123 Å². The summed E-state index contributed by atoms with van der Waals surface area (Å²) >= 11 is 0. The molecule has 70 heavy (non-hydrogen) atoms. The molecular weight excluding hydrogens is 913 g/mol. The van der Waals surface area contributed by atoms with Crippen LogP contribution in [0.2, 0.25) is 0 Å².